The van der Waals surface area contributed by atoms with Crippen molar-refractivity contribution in [1.29, 1.82) is 0 Å². The van der Waals surface area contributed by atoms with Crippen LogP contribution in [0.15, 0.2) is 52.4 Å². The van der Waals surface area contributed by atoms with E-state index in [0.29, 0.717) is 11.3 Å². The smallest absolute Gasteiger partial charge is 0.278 e. The summed E-state index contributed by atoms with van der Waals surface area (Å²) >= 11 is 1.08. The maximum atomic E-state index is 12.6. The molecule has 0 aliphatic rings. The molecule has 2 aromatic carbocycles. The van der Waals surface area contributed by atoms with Crippen LogP contribution in [0.3, 0.4) is 0 Å². The first-order chi connectivity index (χ1) is 15.2. The summed E-state index contributed by atoms with van der Waals surface area (Å²) in [5.74, 6) is -0.514. The Bertz CT molecular complexity index is 1210. The highest BCUT2D eigenvalue weighted by atomic mass is 32.2. The Morgan fingerprint density at radius 2 is 1.78 bits per heavy atom. The van der Waals surface area contributed by atoms with Gasteiger partial charge in [0.15, 0.2) is 10.9 Å². The molecule has 0 radical (unpaired) electrons. The second-order valence-electron chi connectivity index (χ2n) is 7.65. The van der Waals surface area contributed by atoms with Crippen LogP contribution in [0, 0.1) is 19.8 Å². The lowest BCUT2D eigenvalue weighted by Crippen LogP contribution is -2.20. The molecule has 3 aromatic rings. The molecule has 0 fully saturated rings. The minimum absolute atomic E-state index is 0.0678. The zero-order valence-electron chi connectivity index (χ0n) is 18.4. The third-order valence-corrected chi connectivity index (χ3v) is 5.51. The summed E-state index contributed by atoms with van der Waals surface area (Å²) in [6.45, 7) is 7.45. The van der Waals surface area contributed by atoms with E-state index in [1.807, 2.05) is 32.0 Å². The van der Waals surface area contributed by atoms with Crippen molar-refractivity contribution in [2.75, 3.05) is 16.4 Å². The van der Waals surface area contributed by atoms with Gasteiger partial charge in [0.1, 0.15) is 0 Å². The van der Waals surface area contributed by atoms with E-state index in [9.17, 15) is 14.4 Å². The number of hydrogen-bond acceptors (Lipinski definition) is 6. The highest BCUT2D eigenvalue weighted by Gasteiger charge is 2.16. The summed E-state index contributed by atoms with van der Waals surface area (Å²) in [5.41, 5.74) is 3.37. The number of hydrogen-bond donors (Lipinski definition) is 3. The van der Waals surface area contributed by atoms with E-state index in [4.69, 9.17) is 0 Å². The minimum atomic E-state index is -0.455. The van der Waals surface area contributed by atoms with Gasteiger partial charge >= 0.3 is 0 Å². The van der Waals surface area contributed by atoms with Gasteiger partial charge in [0.2, 0.25) is 11.8 Å². The van der Waals surface area contributed by atoms with Gasteiger partial charge in [-0.3, -0.25) is 19.4 Å². The number of thioether (sulfide) groups is 1. The molecule has 0 unspecified atom stereocenters. The zero-order valence-corrected chi connectivity index (χ0v) is 19.2. The first-order valence-electron chi connectivity index (χ1n) is 10.1. The van der Waals surface area contributed by atoms with Crippen molar-refractivity contribution in [2.45, 2.75) is 32.9 Å². The number of nitrogens with zero attached hydrogens (tertiary/aromatic N) is 2. The molecule has 1 heterocycles. The molecule has 1 aromatic heterocycles. The Hall–Kier alpha value is -3.46. The standard InChI is InChI=1S/C23H25N5O3S/c1-13(2)21(30)25-17-8-6-5-7-16(17)20-22(31)26-23(28-27-20)32-12-19(29)24-18-11-14(3)9-10-15(18)4/h5-11,13H,12H2,1-4H3,(H,24,29)(H,25,30)(H,26,28,31). The van der Waals surface area contributed by atoms with Crippen molar-refractivity contribution in [3.63, 3.8) is 0 Å². The lowest BCUT2D eigenvalue weighted by atomic mass is 10.1. The van der Waals surface area contributed by atoms with Crippen LogP contribution < -0.4 is 16.2 Å². The number of carbonyl (C=O) groups is 2. The molecule has 0 saturated carbocycles. The molecule has 0 spiro atoms. The predicted octanol–water partition coefficient (Wildman–Crippen LogP) is 3.77. The van der Waals surface area contributed by atoms with E-state index in [0.717, 1.165) is 28.6 Å². The molecule has 2 amide bonds. The van der Waals surface area contributed by atoms with E-state index in [2.05, 4.69) is 25.8 Å². The largest absolute Gasteiger partial charge is 0.325 e. The summed E-state index contributed by atoms with van der Waals surface area (Å²) in [4.78, 5) is 39.7. The second kappa shape index (κ2) is 10.2. The monoisotopic (exact) mass is 451 g/mol. The molecule has 3 N–H and O–H groups in total. The number of anilines is 2. The molecule has 0 atom stereocenters. The average Bonchev–Trinajstić information content (AvgIpc) is 2.75. The molecule has 0 saturated heterocycles. The maximum absolute atomic E-state index is 12.6. The van der Waals surface area contributed by atoms with Crippen LogP contribution in [0.1, 0.15) is 25.0 Å². The number of aromatic amines is 1. The Kier molecular flexibility index (Phi) is 7.42. The number of nitrogens with one attached hydrogen (secondary N) is 3. The predicted molar refractivity (Wildman–Crippen MR) is 127 cm³/mol. The van der Waals surface area contributed by atoms with Gasteiger partial charge in [-0.05, 0) is 37.1 Å². The van der Waals surface area contributed by atoms with Gasteiger partial charge in [0.25, 0.3) is 5.56 Å². The van der Waals surface area contributed by atoms with Crippen molar-refractivity contribution >= 4 is 35.0 Å². The molecule has 0 bridgehead atoms. The molecule has 0 aliphatic heterocycles. The average molecular weight is 452 g/mol. The van der Waals surface area contributed by atoms with Crippen LogP contribution in [-0.2, 0) is 9.59 Å². The van der Waals surface area contributed by atoms with Crippen molar-refractivity contribution in [2.24, 2.45) is 5.92 Å². The van der Waals surface area contributed by atoms with Gasteiger partial charge in [0, 0.05) is 17.2 Å². The third kappa shape index (κ3) is 5.82. The fourth-order valence-electron chi connectivity index (χ4n) is 2.83. The number of carbonyl (C=O) groups excluding carboxylic acids is 2. The van der Waals surface area contributed by atoms with Gasteiger partial charge in [-0.25, -0.2) is 0 Å². The Labute approximate surface area is 190 Å². The molecule has 166 valence electrons. The quantitative estimate of drug-likeness (QED) is 0.471. The Morgan fingerprint density at radius 1 is 1.03 bits per heavy atom. The normalized spacial score (nSPS) is 10.8. The Morgan fingerprint density at radius 3 is 2.50 bits per heavy atom. The summed E-state index contributed by atoms with van der Waals surface area (Å²) in [6, 6.07) is 12.7. The molecular formula is C23H25N5O3S. The van der Waals surface area contributed by atoms with Crippen LogP contribution in [-0.4, -0.2) is 32.7 Å². The maximum Gasteiger partial charge on any atom is 0.278 e. The summed E-state index contributed by atoms with van der Waals surface area (Å²) in [6.07, 6.45) is 0. The number of aromatic nitrogens is 3. The first-order valence-corrected chi connectivity index (χ1v) is 11.1. The molecule has 3 rings (SSSR count). The molecule has 0 aliphatic carbocycles. The van der Waals surface area contributed by atoms with Crippen LogP contribution in [0.25, 0.3) is 11.3 Å². The molecule has 8 nitrogen and oxygen atoms in total. The SMILES string of the molecule is Cc1ccc(C)c(NC(=O)CSc2nnc(-c3ccccc3NC(=O)C(C)C)c(=O)[nH]2)c1. The van der Waals surface area contributed by atoms with Crippen molar-refractivity contribution in [1.82, 2.24) is 15.2 Å². The number of aryl methyl sites for hydroxylation is 2. The van der Waals surface area contributed by atoms with E-state index < -0.39 is 5.56 Å². The fourth-order valence-corrected chi connectivity index (χ4v) is 3.43. The molecule has 32 heavy (non-hydrogen) atoms. The summed E-state index contributed by atoms with van der Waals surface area (Å²) in [7, 11) is 0. The lowest BCUT2D eigenvalue weighted by molar-refractivity contribution is -0.119. The van der Waals surface area contributed by atoms with Gasteiger partial charge in [0.05, 0.1) is 11.4 Å². The Balaban J connectivity index is 1.71. The van der Waals surface area contributed by atoms with Gasteiger partial charge in [-0.15, -0.1) is 10.2 Å². The summed E-state index contributed by atoms with van der Waals surface area (Å²) in [5, 5.41) is 14.0. The number of H-pyrrole nitrogens is 1. The minimum Gasteiger partial charge on any atom is -0.325 e. The van der Waals surface area contributed by atoms with Crippen molar-refractivity contribution in [3.8, 4) is 11.3 Å². The topological polar surface area (TPSA) is 117 Å². The van der Waals surface area contributed by atoms with Crippen molar-refractivity contribution < 1.29 is 9.59 Å². The molecule has 9 heteroatoms. The van der Waals surface area contributed by atoms with E-state index >= 15 is 0 Å². The van der Waals surface area contributed by atoms with Gasteiger partial charge in [-0.1, -0.05) is 55.9 Å². The number of rotatable bonds is 7. The van der Waals surface area contributed by atoms with Gasteiger partial charge < -0.3 is 10.6 Å². The molecular weight excluding hydrogens is 426 g/mol. The van der Waals surface area contributed by atoms with Crippen LogP contribution in [0.2, 0.25) is 0 Å². The first kappa shape index (κ1) is 23.2. The highest BCUT2D eigenvalue weighted by Crippen LogP contribution is 2.24. The number of amides is 2. The summed E-state index contributed by atoms with van der Waals surface area (Å²) < 4.78 is 0. The van der Waals surface area contributed by atoms with E-state index in [1.165, 1.54) is 0 Å². The number of benzene rings is 2. The van der Waals surface area contributed by atoms with Crippen LogP contribution in [0.5, 0.6) is 0 Å². The zero-order chi connectivity index (χ0) is 23.3. The van der Waals surface area contributed by atoms with Crippen molar-refractivity contribution in [3.05, 3.63) is 63.9 Å². The van der Waals surface area contributed by atoms with Gasteiger partial charge in [-0.2, -0.15) is 0 Å². The third-order valence-electron chi connectivity index (χ3n) is 4.65. The second-order valence-corrected chi connectivity index (χ2v) is 8.62. The fraction of sp³-hybridized carbons (Fsp3) is 0.261. The number of para-hydroxylation sites is 1. The highest BCUT2D eigenvalue weighted by molar-refractivity contribution is 7.99. The van der Waals surface area contributed by atoms with E-state index in [1.54, 1.807) is 38.1 Å². The van der Waals surface area contributed by atoms with Crippen LogP contribution >= 0.6 is 11.8 Å². The van der Waals surface area contributed by atoms with Crippen LogP contribution in [0.4, 0.5) is 11.4 Å². The lowest BCUT2D eigenvalue weighted by Gasteiger charge is -2.12. The van der Waals surface area contributed by atoms with E-state index in [-0.39, 0.29) is 34.3 Å².